The normalized spacial score (nSPS) is 15.9. The fraction of sp³-hybridized carbons (Fsp3) is 0.579. The number of pyridine rings is 1. The van der Waals surface area contributed by atoms with Crippen molar-refractivity contribution in [1.82, 2.24) is 19.9 Å². The smallest absolute Gasteiger partial charge is 0.410 e. The molecule has 0 unspecified atom stereocenters. The van der Waals surface area contributed by atoms with Gasteiger partial charge in [0, 0.05) is 39.1 Å². The van der Waals surface area contributed by atoms with Crippen molar-refractivity contribution in [2.45, 2.75) is 39.2 Å². The molecule has 3 rings (SSSR count). The molecule has 1 fully saturated rings. The molecule has 1 aliphatic heterocycles. The number of nitrogens with zero attached hydrogens (tertiary/aromatic N) is 5. The Morgan fingerprint density at radius 1 is 1.23 bits per heavy atom. The van der Waals surface area contributed by atoms with Crippen molar-refractivity contribution in [2.24, 2.45) is 5.92 Å². The van der Waals surface area contributed by atoms with E-state index in [1.54, 1.807) is 17.3 Å². The third-order valence-corrected chi connectivity index (χ3v) is 4.49. The SMILES string of the molecule is CN(CC1CCN(c2ccc3nccnc3n2)CC1)C(=O)OC(C)(C)C. The zero-order valence-corrected chi connectivity index (χ0v) is 16.0. The molecule has 0 bridgehead atoms. The highest BCUT2D eigenvalue weighted by atomic mass is 16.6. The van der Waals surface area contributed by atoms with Gasteiger partial charge in [-0.2, -0.15) is 0 Å². The van der Waals surface area contributed by atoms with Crippen LogP contribution in [0.25, 0.3) is 11.2 Å². The van der Waals surface area contributed by atoms with Gasteiger partial charge < -0.3 is 14.5 Å². The number of carbonyl (C=O) groups excluding carboxylic acids is 1. The Labute approximate surface area is 154 Å². The van der Waals surface area contributed by atoms with Crippen LogP contribution in [0.15, 0.2) is 24.5 Å². The van der Waals surface area contributed by atoms with Gasteiger partial charge in [0.1, 0.15) is 16.9 Å². The van der Waals surface area contributed by atoms with Crippen molar-refractivity contribution in [3.63, 3.8) is 0 Å². The second-order valence-electron chi connectivity index (χ2n) is 7.86. The molecule has 3 heterocycles. The van der Waals surface area contributed by atoms with Crippen LogP contribution in [0.3, 0.4) is 0 Å². The van der Waals surface area contributed by atoms with Crippen LogP contribution in [0, 0.1) is 5.92 Å². The topological polar surface area (TPSA) is 71.5 Å². The second-order valence-corrected chi connectivity index (χ2v) is 7.86. The average Bonchev–Trinajstić information content (AvgIpc) is 2.60. The summed E-state index contributed by atoms with van der Waals surface area (Å²) in [6.45, 7) is 8.23. The lowest BCUT2D eigenvalue weighted by Gasteiger charge is -2.35. The highest BCUT2D eigenvalue weighted by Crippen LogP contribution is 2.24. The van der Waals surface area contributed by atoms with Crippen LogP contribution in [0.1, 0.15) is 33.6 Å². The van der Waals surface area contributed by atoms with Gasteiger partial charge in [-0.15, -0.1) is 0 Å². The molecule has 2 aromatic rings. The van der Waals surface area contributed by atoms with Crippen LogP contribution in [-0.4, -0.2) is 58.2 Å². The largest absolute Gasteiger partial charge is 0.444 e. The van der Waals surface area contributed by atoms with Crippen molar-refractivity contribution in [1.29, 1.82) is 0 Å². The summed E-state index contributed by atoms with van der Waals surface area (Å²) in [4.78, 5) is 29.2. The lowest BCUT2D eigenvalue weighted by Crippen LogP contribution is -2.41. The zero-order chi connectivity index (χ0) is 18.7. The first-order chi connectivity index (χ1) is 12.3. The molecule has 0 saturated carbocycles. The van der Waals surface area contributed by atoms with E-state index in [-0.39, 0.29) is 6.09 Å². The van der Waals surface area contributed by atoms with Crippen molar-refractivity contribution in [3.8, 4) is 0 Å². The van der Waals surface area contributed by atoms with Gasteiger partial charge in [0.2, 0.25) is 0 Å². The standard InChI is InChI=1S/C19H27N5O2/c1-19(2,3)26-18(25)23(4)13-14-7-11-24(12-8-14)16-6-5-15-17(22-16)21-10-9-20-15/h5-6,9-10,14H,7-8,11-13H2,1-4H3. The number of fused-ring (bicyclic) bond motifs is 1. The van der Waals surface area contributed by atoms with Gasteiger partial charge in [-0.05, 0) is 51.7 Å². The van der Waals surface area contributed by atoms with Gasteiger partial charge in [-0.1, -0.05) is 0 Å². The highest BCUT2D eigenvalue weighted by molar-refractivity contribution is 5.71. The first-order valence-electron chi connectivity index (χ1n) is 9.09. The predicted octanol–water partition coefficient (Wildman–Crippen LogP) is 3.11. The maximum Gasteiger partial charge on any atom is 0.410 e. The van der Waals surface area contributed by atoms with Crippen LogP contribution < -0.4 is 4.90 Å². The number of hydrogen-bond acceptors (Lipinski definition) is 6. The molecule has 0 N–H and O–H groups in total. The molecule has 0 aromatic carbocycles. The van der Waals surface area contributed by atoms with E-state index in [0.717, 1.165) is 43.8 Å². The third kappa shape index (κ3) is 4.59. The van der Waals surface area contributed by atoms with Crippen LogP contribution >= 0.6 is 0 Å². The minimum Gasteiger partial charge on any atom is -0.444 e. The summed E-state index contributed by atoms with van der Waals surface area (Å²) in [6.07, 6.45) is 5.13. The van der Waals surface area contributed by atoms with E-state index in [9.17, 15) is 4.79 Å². The second kappa shape index (κ2) is 7.43. The number of rotatable bonds is 3. The van der Waals surface area contributed by atoms with Gasteiger partial charge in [0.05, 0.1) is 0 Å². The summed E-state index contributed by atoms with van der Waals surface area (Å²) in [5, 5.41) is 0. The number of amides is 1. The fourth-order valence-corrected chi connectivity index (χ4v) is 3.17. The van der Waals surface area contributed by atoms with Gasteiger partial charge in [0.25, 0.3) is 0 Å². The number of anilines is 1. The predicted molar refractivity (Wildman–Crippen MR) is 101 cm³/mol. The number of ether oxygens (including phenoxy) is 1. The van der Waals surface area contributed by atoms with E-state index < -0.39 is 5.60 Å². The van der Waals surface area contributed by atoms with E-state index in [1.807, 2.05) is 40.0 Å². The molecule has 1 aliphatic rings. The minimum absolute atomic E-state index is 0.255. The molecule has 0 spiro atoms. The quantitative estimate of drug-likeness (QED) is 0.840. The first kappa shape index (κ1) is 18.4. The maximum absolute atomic E-state index is 12.1. The summed E-state index contributed by atoms with van der Waals surface area (Å²) < 4.78 is 5.43. The third-order valence-electron chi connectivity index (χ3n) is 4.49. The highest BCUT2D eigenvalue weighted by Gasteiger charge is 2.25. The van der Waals surface area contributed by atoms with E-state index in [0.29, 0.717) is 11.6 Å². The zero-order valence-electron chi connectivity index (χ0n) is 16.0. The first-order valence-corrected chi connectivity index (χ1v) is 9.09. The van der Waals surface area contributed by atoms with E-state index in [2.05, 4.69) is 19.9 Å². The Morgan fingerprint density at radius 2 is 1.92 bits per heavy atom. The lowest BCUT2D eigenvalue weighted by molar-refractivity contribution is 0.0266. The Balaban J connectivity index is 1.54. The van der Waals surface area contributed by atoms with Crippen molar-refractivity contribution >= 4 is 23.1 Å². The summed E-state index contributed by atoms with van der Waals surface area (Å²) in [7, 11) is 1.81. The molecule has 26 heavy (non-hydrogen) atoms. The Kier molecular flexibility index (Phi) is 5.25. The summed E-state index contributed by atoms with van der Waals surface area (Å²) >= 11 is 0. The molecule has 0 atom stereocenters. The molecule has 7 nitrogen and oxygen atoms in total. The number of aromatic nitrogens is 3. The molecule has 140 valence electrons. The molecule has 7 heteroatoms. The van der Waals surface area contributed by atoms with Gasteiger partial charge in [0.15, 0.2) is 5.65 Å². The van der Waals surface area contributed by atoms with Crippen LogP contribution in [0.4, 0.5) is 10.6 Å². The lowest BCUT2D eigenvalue weighted by atomic mass is 9.96. The Morgan fingerprint density at radius 3 is 2.62 bits per heavy atom. The summed E-state index contributed by atoms with van der Waals surface area (Å²) in [5.74, 6) is 1.42. The van der Waals surface area contributed by atoms with Crippen molar-refractivity contribution < 1.29 is 9.53 Å². The summed E-state index contributed by atoms with van der Waals surface area (Å²) in [5.41, 5.74) is 1.03. The molecule has 0 aliphatic carbocycles. The fourth-order valence-electron chi connectivity index (χ4n) is 3.17. The van der Waals surface area contributed by atoms with E-state index in [1.165, 1.54) is 0 Å². The number of hydrogen-bond donors (Lipinski definition) is 0. The van der Waals surface area contributed by atoms with Crippen LogP contribution in [0.5, 0.6) is 0 Å². The van der Waals surface area contributed by atoms with E-state index >= 15 is 0 Å². The van der Waals surface area contributed by atoms with Crippen LogP contribution in [0.2, 0.25) is 0 Å². The monoisotopic (exact) mass is 357 g/mol. The van der Waals surface area contributed by atoms with Gasteiger partial charge in [-0.25, -0.2) is 14.8 Å². The number of carbonyl (C=O) groups is 1. The molecular formula is C19H27N5O2. The minimum atomic E-state index is -0.459. The average molecular weight is 357 g/mol. The van der Waals surface area contributed by atoms with Gasteiger partial charge >= 0.3 is 6.09 Å². The molecule has 2 aromatic heterocycles. The van der Waals surface area contributed by atoms with Crippen molar-refractivity contribution in [2.75, 3.05) is 31.6 Å². The molecular weight excluding hydrogens is 330 g/mol. The Bertz CT molecular complexity index is 766. The van der Waals surface area contributed by atoms with E-state index in [4.69, 9.17) is 4.74 Å². The molecule has 1 amide bonds. The Hall–Kier alpha value is -2.44. The molecule has 0 radical (unpaired) electrons. The van der Waals surface area contributed by atoms with Crippen LogP contribution in [-0.2, 0) is 4.74 Å². The summed E-state index contributed by atoms with van der Waals surface area (Å²) in [6, 6.07) is 3.97. The van der Waals surface area contributed by atoms with Gasteiger partial charge in [-0.3, -0.25) is 4.98 Å². The number of piperidine rings is 1. The molecule has 1 saturated heterocycles. The maximum atomic E-state index is 12.1. The van der Waals surface area contributed by atoms with Crippen molar-refractivity contribution in [3.05, 3.63) is 24.5 Å².